The van der Waals surface area contributed by atoms with E-state index in [-0.39, 0.29) is 5.06 Å². The number of rotatable bonds is 0. The van der Waals surface area contributed by atoms with Gasteiger partial charge in [0.1, 0.15) is 17.6 Å². The fourth-order valence-corrected chi connectivity index (χ4v) is 2.16. The Morgan fingerprint density at radius 3 is 3.00 bits per heavy atom. The van der Waals surface area contributed by atoms with Gasteiger partial charge >= 0.3 is 0 Å². The maximum atomic E-state index is 11.5. The van der Waals surface area contributed by atoms with Crippen molar-refractivity contribution in [2.24, 2.45) is 0 Å². The highest BCUT2D eigenvalue weighted by molar-refractivity contribution is 5.81. The number of benzene rings is 1. The van der Waals surface area contributed by atoms with Crippen molar-refractivity contribution in [1.82, 2.24) is 4.98 Å². The first-order valence-corrected chi connectivity index (χ1v) is 5.08. The molecule has 0 saturated heterocycles. The maximum Gasteiger partial charge on any atom is 0.129 e. The van der Waals surface area contributed by atoms with E-state index in [9.17, 15) is 5.21 Å². The lowest BCUT2D eigenvalue weighted by Crippen LogP contribution is -3.05. The van der Waals surface area contributed by atoms with E-state index in [1.165, 1.54) is 10.6 Å². The highest BCUT2D eigenvalue weighted by atomic mass is 16.5. The first-order chi connectivity index (χ1) is 7.27. The average Bonchev–Trinajstić information content (AvgIpc) is 2.63. The van der Waals surface area contributed by atoms with Gasteiger partial charge in [-0.3, -0.25) is 0 Å². The summed E-state index contributed by atoms with van der Waals surface area (Å²) >= 11 is 0. The molecule has 3 nitrogen and oxygen atoms in total. The third-order valence-electron chi connectivity index (χ3n) is 3.03. The van der Waals surface area contributed by atoms with Crippen molar-refractivity contribution in [3.05, 3.63) is 40.0 Å². The molecule has 3 rings (SSSR count). The summed E-state index contributed by atoms with van der Waals surface area (Å²) in [7, 11) is 0. The summed E-state index contributed by atoms with van der Waals surface area (Å²) in [6.45, 7) is 2.42. The molecule has 3 heteroatoms. The van der Waals surface area contributed by atoms with Crippen LogP contribution < -0.4 is 15.6 Å². The van der Waals surface area contributed by atoms with Gasteiger partial charge in [0.15, 0.2) is 0 Å². The Balaban J connectivity index is 2.57. The molecule has 1 aliphatic heterocycles. The van der Waals surface area contributed by atoms with Gasteiger partial charge in [0.25, 0.3) is 0 Å². The summed E-state index contributed by atoms with van der Waals surface area (Å²) in [4.78, 5) is 3.31. The van der Waals surface area contributed by atoms with E-state index >= 15 is 0 Å². The number of fused-ring (bicyclic) bond motifs is 3. The molecule has 15 heavy (non-hydrogen) atoms. The minimum atomic E-state index is 0.217. The van der Waals surface area contributed by atoms with Crippen molar-refractivity contribution in [3.8, 4) is 0 Å². The zero-order chi connectivity index (χ0) is 10.4. The number of nitrogens with one attached hydrogen (secondary N) is 2. The minimum absolute atomic E-state index is 0.217. The Morgan fingerprint density at radius 2 is 2.13 bits per heavy atom. The zero-order valence-electron chi connectivity index (χ0n) is 8.50. The molecule has 0 radical (unpaired) electrons. The number of aromatic amines is 1. The second-order valence-corrected chi connectivity index (χ2v) is 3.92. The predicted octanol–water partition coefficient (Wildman–Crippen LogP) is -0.527. The number of quaternary nitrogens is 1. The quantitative estimate of drug-likeness (QED) is 0.552. The Bertz CT molecular complexity index is 639. The highest BCUT2D eigenvalue weighted by Gasteiger charge is 2.10. The van der Waals surface area contributed by atoms with Crippen molar-refractivity contribution in [1.29, 1.82) is 0 Å². The average molecular weight is 200 g/mol. The topological polar surface area (TPSA) is 43.3 Å². The molecule has 0 saturated carbocycles. The fourth-order valence-electron chi connectivity index (χ4n) is 2.16. The summed E-state index contributed by atoms with van der Waals surface area (Å²) in [6.07, 6.45) is 2.02. The van der Waals surface area contributed by atoms with Crippen molar-refractivity contribution in [3.63, 3.8) is 0 Å². The standard InChI is InChI=1S/C12H12N2O/c1-8-12-10(6-7-14(8)15)9-4-2-3-5-11(9)13-12/h2-6,13-14H,7H2,1H3. The Kier molecular flexibility index (Phi) is 1.71. The van der Waals surface area contributed by atoms with E-state index < -0.39 is 0 Å². The Labute approximate surface area is 86.9 Å². The monoisotopic (exact) mass is 200 g/mol. The lowest BCUT2D eigenvalue weighted by atomic mass is 10.2. The zero-order valence-corrected chi connectivity index (χ0v) is 8.50. The number of H-pyrrole nitrogens is 1. The van der Waals surface area contributed by atoms with Crippen LogP contribution in [-0.2, 0) is 0 Å². The van der Waals surface area contributed by atoms with Crippen LogP contribution in [0.3, 0.4) is 0 Å². The van der Waals surface area contributed by atoms with Crippen LogP contribution in [0.4, 0.5) is 0 Å². The fraction of sp³-hybridized carbons (Fsp3) is 0.167. The third-order valence-corrected chi connectivity index (χ3v) is 3.03. The third kappa shape index (κ3) is 1.14. The Hall–Kier alpha value is -1.58. The summed E-state index contributed by atoms with van der Waals surface area (Å²) < 4.78 is 0. The van der Waals surface area contributed by atoms with Gasteiger partial charge in [-0.1, -0.05) is 18.2 Å². The molecule has 0 amide bonds. The molecule has 1 aromatic heterocycles. The van der Waals surface area contributed by atoms with Gasteiger partial charge in [-0.05, 0) is 12.1 Å². The van der Waals surface area contributed by atoms with Crippen LogP contribution in [-0.4, -0.2) is 11.5 Å². The van der Waals surface area contributed by atoms with Crippen LogP contribution in [0.1, 0.15) is 6.92 Å². The van der Waals surface area contributed by atoms with Gasteiger partial charge < -0.3 is 15.3 Å². The van der Waals surface area contributed by atoms with Gasteiger partial charge in [-0.15, -0.1) is 0 Å². The van der Waals surface area contributed by atoms with Crippen LogP contribution >= 0.6 is 0 Å². The van der Waals surface area contributed by atoms with Crippen molar-refractivity contribution < 1.29 is 5.06 Å². The molecule has 1 aromatic carbocycles. The molecular formula is C12H12N2O. The van der Waals surface area contributed by atoms with Gasteiger partial charge in [0.05, 0.1) is 0 Å². The van der Waals surface area contributed by atoms with Gasteiger partial charge in [0, 0.05) is 23.0 Å². The lowest BCUT2D eigenvalue weighted by molar-refractivity contribution is -0.761. The molecule has 0 spiro atoms. The van der Waals surface area contributed by atoms with Crippen molar-refractivity contribution >= 4 is 22.7 Å². The Morgan fingerprint density at radius 1 is 1.33 bits per heavy atom. The molecule has 0 bridgehead atoms. The van der Waals surface area contributed by atoms with E-state index in [4.69, 9.17) is 0 Å². The molecule has 2 aromatic rings. The van der Waals surface area contributed by atoms with Crippen LogP contribution in [0.2, 0.25) is 0 Å². The summed E-state index contributed by atoms with van der Waals surface area (Å²) in [6, 6.07) is 8.15. The molecule has 0 fully saturated rings. The molecule has 0 aliphatic carbocycles. The van der Waals surface area contributed by atoms with E-state index in [1.807, 2.05) is 31.2 Å². The number of para-hydroxylation sites is 1. The SMILES string of the molecule is CC1=c2[nH]c3ccccc3c2=CC[NH+]1[O-]. The van der Waals surface area contributed by atoms with Crippen LogP contribution in [0.25, 0.3) is 22.7 Å². The second-order valence-electron chi connectivity index (χ2n) is 3.92. The van der Waals surface area contributed by atoms with E-state index in [2.05, 4.69) is 11.1 Å². The van der Waals surface area contributed by atoms with Crippen molar-refractivity contribution in [2.75, 3.05) is 6.54 Å². The van der Waals surface area contributed by atoms with Crippen LogP contribution in [0.15, 0.2) is 24.3 Å². The minimum Gasteiger partial charge on any atom is -0.629 e. The first-order valence-electron chi connectivity index (χ1n) is 5.08. The molecule has 1 aliphatic rings. The molecule has 2 N–H and O–H groups in total. The second kappa shape index (κ2) is 2.95. The van der Waals surface area contributed by atoms with Crippen LogP contribution in [0, 0.1) is 5.21 Å². The smallest absolute Gasteiger partial charge is 0.129 e. The summed E-state index contributed by atoms with van der Waals surface area (Å²) in [5.74, 6) is 0. The number of hydrogen-bond donors (Lipinski definition) is 2. The van der Waals surface area contributed by atoms with E-state index in [0.29, 0.717) is 6.54 Å². The highest BCUT2D eigenvalue weighted by Crippen LogP contribution is 2.04. The molecule has 1 unspecified atom stereocenters. The van der Waals surface area contributed by atoms with Crippen LogP contribution in [0.5, 0.6) is 0 Å². The molecular weight excluding hydrogens is 188 g/mol. The molecule has 2 heterocycles. The summed E-state index contributed by atoms with van der Waals surface area (Å²) in [5, 5.41) is 15.1. The van der Waals surface area contributed by atoms with Gasteiger partial charge in [0.2, 0.25) is 0 Å². The van der Waals surface area contributed by atoms with Crippen molar-refractivity contribution in [2.45, 2.75) is 6.92 Å². The first kappa shape index (κ1) is 8.71. The van der Waals surface area contributed by atoms with E-state index in [0.717, 1.165) is 16.6 Å². The molecule has 76 valence electrons. The number of hydrogen-bond acceptors (Lipinski definition) is 1. The van der Waals surface area contributed by atoms with Gasteiger partial charge in [-0.25, -0.2) is 0 Å². The number of aromatic nitrogens is 1. The lowest BCUT2D eigenvalue weighted by Gasteiger charge is -2.22. The van der Waals surface area contributed by atoms with Gasteiger partial charge in [-0.2, -0.15) is 0 Å². The molecule has 1 atom stereocenters. The predicted molar refractivity (Wildman–Crippen MR) is 60.3 cm³/mol. The summed E-state index contributed by atoms with van der Waals surface area (Å²) in [5.41, 5.74) is 1.96. The normalized spacial score (nSPS) is 20.1. The van der Waals surface area contributed by atoms with E-state index in [1.54, 1.807) is 0 Å². The maximum absolute atomic E-state index is 11.5. The largest absolute Gasteiger partial charge is 0.629 e. The number of hydroxylamine groups is 2.